The van der Waals surface area contributed by atoms with Crippen LogP contribution in [0.25, 0.3) is 0 Å². The van der Waals surface area contributed by atoms with Crippen molar-refractivity contribution in [2.24, 2.45) is 0 Å². The molecule has 0 aliphatic heterocycles. The summed E-state index contributed by atoms with van der Waals surface area (Å²) < 4.78 is 5.04. The van der Waals surface area contributed by atoms with E-state index in [1.165, 1.54) is 12.1 Å². The van der Waals surface area contributed by atoms with Crippen LogP contribution in [-0.2, 0) is 16.1 Å². The number of hydrogen-bond acceptors (Lipinski definition) is 6. The number of nitro benzene ring substituents is 1. The smallest absolute Gasteiger partial charge is 0.306 e. The van der Waals surface area contributed by atoms with Gasteiger partial charge >= 0.3 is 5.97 Å². The molecule has 0 fully saturated rings. The molecule has 2 aromatic rings. The molecule has 0 heterocycles. The van der Waals surface area contributed by atoms with Gasteiger partial charge in [-0.2, -0.15) is 0 Å². The third kappa shape index (κ3) is 5.42. The number of nitrogens with zero attached hydrogens (tertiary/aromatic N) is 1. The van der Waals surface area contributed by atoms with Crippen LogP contribution in [0.5, 0.6) is 0 Å². The Bertz CT molecular complexity index is 773. The van der Waals surface area contributed by atoms with Crippen molar-refractivity contribution in [2.45, 2.75) is 24.3 Å². The van der Waals surface area contributed by atoms with Gasteiger partial charge < -0.3 is 4.74 Å². The number of carbonyl (C=O) groups is 2. The molecule has 130 valence electrons. The zero-order valence-corrected chi connectivity index (χ0v) is 14.5. The van der Waals surface area contributed by atoms with Crippen molar-refractivity contribution < 1.29 is 19.2 Å². The minimum atomic E-state index is -0.563. The lowest BCUT2D eigenvalue weighted by molar-refractivity contribution is -0.385. The number of esters is 1. The van der Waals surface area contributed by atoms with Gasteiger partial charge in [-0.05, 0) is 24.5 Å². The molecule has 0 bridgehead atoms. The molecule has 0 atom stereocenters. The first kappa shape index (κ1) is 18.7. The zero-order chi connectivity index (χ0) is 18.2. The summed E-state index contributed by atoms with van der Waals surface area (Å²) in [4.78, 5) is 35.3. The summed E-state index contributed by atoms with van der Waals surface area (Å²) in [5.74, 6) is -0.706. The molecule has 0 saturated heterocycles. The molecule has 0 saturated carbocycles. The van der Waals surface area contributed by atoms with Crippen LogP contribution in [0.3, 0.4) is 0 Å². The van der Waals surface area contributed by atoms with Gasteiger partial charge in [0.25, 0.3) is 5.69 Å². The maximum absolute atomic E-state index is 12.1. The molecule has 0 amide bonds. The largest absolute Gasteiger partial charge is 0.461 e. The maximum atomic E-state index is 12.1. The Morgan fingerprint density at radius 2 is 1.76 bits per heavy atom. The molecule has 0 aromatic heterocycles. The lowest BCUT2D eigenvalue weighted by Gasteiger charge is -2.06. The standard InChI is InChI=1S/C18H17NO5S/c1-25-15-8-6-13(7-9-15)17(20)10-11-18(21)24-12-14-4-2-3-5-16(14)19(22)23/h2-9H,10-12H2,1H3. The zero-order valence-electron chi connectivity index (χ0n) is 13.6. The molecule has 0 radical (unpaired) electrons. The highest BCUT2D eigenvalue weighted by molar-refractivity contribution is 7.98. The number of thioether (sulfide) groups is 1. The van der Waals surface area contributed by atoms with Gasteiger partial charge in [0.1, 0.15) is 6.61 Å². The first-order valence-corrected chi connectivity index (χ1v) is 8.79. The number of Topliss-reactive ketones (excluding diaryl/α,β-unsaturated/α-hetero) is 1. The Morgan fingerprint density at radius 3 is 2.40 bits per heavy atom. The van der Waals surface area contributed by atoms with Crippen LogP contribution in [0.2, 0.25) is 0 Å². The molecule has 25 heavy (non-hydrogen) atoms. The van der Waals surface area contributed by atoms with E-state index in [-0.39, 0.29) is 30.9 Å². The fraction of sp³-hybridized carbons (Fsp3) is 0.222. The van der Waals surface area contributed by atoms with Crippen LogP contribution >= 0.6 is 11.8 Å². The van der Waals surface area contributed by atoms with Crippen molar-refractivity contribution in [3.8, 4) is 0 Å². The van der Waals surface area contributed by atoms with E-state index in [4.69, 9.17) is 4.74 Å². The molecule has 2 rings (SSSR count). The van der Waals surface area contributed by atoms with Crippen molar-refractivity contribution >= 4 is 29.2 Å². The third-order valence-electron chi connectivity index (χ3n) is 3.55. The number of ether oxygens (including phenoxy) is 1. The highest BCUT2D eigenvalue weighted by Gasteiger charge is 2.15. The predicted molar refractivity (Wildman–Crippen MR) is 94.7 cm³/mol. The summed E-state index contributed by atoms with van der Waals surface area (Å²) in [7, 11) is 0. The van der Waals surface area contributed by atoms with Crippen molar-refractivity contribution in [1.29, 1.82) is 0 Å². The number of ketones is 1. The highest BCUT2D eigenvalue weighted by Crippen LogP contribution is 2.19. The van der Waals surface area contributed by atoms with Gasteiger partial charge in [0, 0.05) is 22.9 Å². The van der Waals surface area contributed by atoms with Crippen LogP contribution < -0.4 is 0 Å². The summed E-state index contributed by atoms with van der Waals surface area (Å²) in [6, 6.07) is 13.2. The minimum absolute atomic E-state index is 0.0360. The van der Waals surface area contributed by atoms with E-state index in [1.807, 2.05) is 18.4 Å². The van der Waals surface area contributed by atoms with Crippen LogP contribution in [0.1, 0.15) is 28.8 Å². The van der Waals surface area contributed by atoms with E-state index in [0.717, 1.165) is 4.90 Å². The Kier molecular flexibility index (Phi) is 6.71. The Balaban J connectivity index is 1.84. The van der Waals surface area contributed by atoms with E-state index >= 15 is 0 Å². The summed E-state index contributed by atoms with van der Waals surface area (Å²) in [6.07, 6.45) is 1.92. The van der Waals surface area contributed by atoms with Gasteiger partial charge in [-0.15, -0.1) is 11.8 Å². The van der Waals surface area contributed by atoms with Crippen LogP contribution in [0, 0.1) is 10.1 Å². The molecule has 0 aliphatic rings. The highest BCUT2D eigenvalue weighted by atomic mass is 32.2. The van der Waals surface area contributed by atoms with Crippen molar-refractivity contribution in [3.05, 3.63) is 69.8 Å². The SMILES string of the molecule is CSc1ccc(C(=O)CCC(=O)OCc2ccccc2[N+](=O)[O-])cc1. The fourth-order valence-electron chi connectivity index (χ4n) is 2.18. The molecule has 0 aliphatic carbocycles. The third-order valence-corrected chi connectivity index (χ3v) is 4.29. The topological polar surface area (TPSA) is 86.5 Å². The van der Waals surface area contributed by atoms with Crippen LogP contribution in [0.4, 0.5) is 5.69 Å². The quantitative estimate of drug-likeness (QED) is 0.233. The number of rotatable bonds is 8. The van der Waals surface area contributed by atoms with Crippen LogP contribution in [0.15, 0.2) is 53.4 Å². The lowest BCUT2D eigenvalue weighted by atomic mass is 10.1. The van der Waals surface area contributed by atoms with Gasteiger partial charge in [-0.25, -0.2) is 0 Å². The van der Waals surface area contributed by atoms with Gasteiger partial charge in [0.05, 0.1) is 16.9 Å². The number of hydrogen-bond donors (Lipinski definition) is 0. The molecular formula is C18H17NO5S. The Morgan fingerprint density at radius 1 is 1.08 bits per heavy atom. The first-order chi connectivity index (χ1) is 12.0. The molecule has 0 N–H and O–H groups in total. The number of para-hydroxylation sites is 1. The Labute approximate surface area is 149 Å². The van der Waals surface area contributed by atoms with Crippen LogP contribution in [-0.4, -0.2) is 22.9 Å². The fourth-order valence-corrected chi connectivity index (χ4v) is 2.59. The molecule has 7 heteroatoms. The van der Waals surface area contributed by atoms with Gasteiger partial charge in [0.15, 0.2) is 5.78 Å². The normalized spacial score (nSPS) is 10.3. The van der Waals surface area contributed by atoms with Crippen molar-refractivity contribution in [3.63, 3.8) is 0 Å². The molecule has 6 nitrogen and oxygen atoms in total. The molecule has 2 aromatic carbocycles. The summed E-state index contributed by atoms with van der Waals surface area (Å²) in [5, 5.41) is 10.9. The predicted octanol–water partition coefficient (Wildman–Crippen LogP) is 4.02. The number of nitro groups is 1. The summed E-state index contributed by atoms with van der Waals surface area (Å²) in [5.41, 5.74) is 0.768. The second-order valence-electron chi connectivity index (χ2n) is 5.20. The average Bonchev–Trinajstić information content (AvgIpc) is 2.64. The van der Waals surface area contributed by atoms with E-state index in [9.17, 15) is 19.7 Å². The van der Waals surface area contributed by atoms with E-state index in [1.54, 1.807) is 36.0 Å². The average molecular weight is 359 g/mol. The van der Waals surface area contributed by atoms with E-state index in [2.05, 4.69) is 0 Å². The lowest BCUT2D eigenvalue weighted by Crippen LogP contribution is -2.09. The molecular weight excluding hydrogens is 342 g/mol. The minimum Gasteiger partial charge on any atom is -0.461 e. The van der Waals surface area contributed by atoms with Crippen molar-refractivity contribution in [2.75, 3.05) is 6.26 Å². The Hall–Kier alpha value is -2.67. The van der Waals surface area contributed by atoms with E-state index in [0.29, 0.717) is 11.1 Å². The second kappa shape index (κ2) is 8.98. The monoisotopic (exact) mass is 359 g/mol. The summed E-state index contributed by atoms with van der Waals surface area (Å²) in [6.45, 7) is -0.188. The van der Waals surface area contributed by atoms with Gasteiger partial charge in [0.2, 0.25) is 0 Å². The van der Waals surface area contributed by atoms with Gasteiger partial charge in [-0.3, -0.25) is 19.7 Å². The maximum Gasteiger partial charge on any atom is 0.306 e. The van der Waals surface area contributed by atoms with Crippen molar-refractivity contribution in [1.82, 2.24) is 0 Å². The number of carbonyl (C=O) groups excluding carboxylic acids is 2. The second-order valence-corrected chi connectivity index (χ2v) is 6.08. The van der Waals surface area contributed by atoms with Gasteiger partial charge in [-0.1, -0.05) is 24.3 Å². The first-order valence-electron chi connectivity index (χ1n) is 7.56. The van der Waals surface area contributed by atoms with E-state index < -0.39 is 10.9 Å². The molecule has 0 unspecified atom stereocenters. The summed E-state index contributed by atoms with van der Waals surface area (Å²) >= 11 is 1.58. The number of benzene rings is 2. The molecule has 0 spiro atoms.